The Kier molecular flexibility index (Phi) is 7.90. The van der Waals surface area contributed by atoms with Crippen LogP contribution in [0.3, 0.4) is 0 Å². The molecule has 0 bridgehead atoms. The van der Waals surface area contributed by atoms with Gasteiger partial charge in [0.1, 0.15) is 12.4 Å². The second-order valence-electron chi connectivity index (χ2n) is 8.18. The minimum absolute atomic E-state index is 0.343. The number of hydrogen-bond donors (Lipinski definition) is 1. The van der Waals surface area contributed by atoms with Crippen molar-refractivity contribution in [2.24, 2.45) is 4.99 Å². The Hall–Kier alpha value is -3.97. The molecule has 1 aliphatic rings. The maximum Gasteiger partial charge on any atom is 0.347 e. The largest absolute Gasteiger partial charge is 0.461 e. The van der Waals surface area contributed by atoms with Crippen LogP contribution in [0, 0.1) is 0 Å². The van der Waals surface area contributed by atoms with Crippen LogP contribution in [0.2, 0.25) is 0 Å². The molecule has 0 saturated heterocycles. The second kappa shape index (κ2) is 11.4. The van der Waals surface area contributed by atoms with Crippen molar-refractivity contribution in [2.45, 2.75) is 20.4 Å². The SMILES string of the molecule is CCN(CC)CCOC(=O)c1ccc(N2Cc3ccccc3/C2=N\C(=O)Nc2ccccc2)cc1. The molecule has 3 aromatic rings. The Labute approximate surface area is 206 Å². The number of anilines is 2. The van der Waals surface area contributed by atoms with Crippen molar-refractivity contribution in [3.8, 4) is 0 Å². The molecule has 0 radical (unpaired) electrons. The summed E-state index contributed by atoms with van der Waals surface area (Å²) in [7, 11) is 0. The zero-order valence-electron chi connectivity index (χ0n) is 20.1. The van der Waals surface area contributed by atoms with Crippen molar-refractivity contribution in [1.82, 2.24) is 4.90 Å². The van der Waals surface area contributed by atoms with E-state index >= 15 is 0 Å². The minimum Gasteiger partial charge on any atom is -0.461 e. The lowest BCUT2D eigenvalue weighted by Gasteiger charge is -2.20. The lowest BCUT2D eigenvalue weighted by atomic mass is 10.1. The van der Waals surface area contributed by atoms with E-state index in [-0.39, 0.29) is 5.97 Å². The Morgan fingerprint density at radius 2 is 1.63 bits per heavy atom. The highest BCUT2D eigenvalue weighted by molar-refractivity contribution is 6.18. The van der Waals surface area contributed by atoms with Gasteiger partial charge in [-0.2, -0.15) is 4.99 Å². The normalized spacial score (nSPS) is 13.7. The Bertz CT molecular complexity index is 1190. The molecule has 4 rings (SSSR count). The third-order valence-electron chi connectivity index (χ3n) is 6.02. The fourth-order valence-corrected chi connectivity index (χ4v) is 4.04. The summed E-state index contributed by atoms with van der Waals surface area (Å²) in [6.45, 7) is 7.68. The van der Waals surface area contributed by atoms with Crippen molar-refractivity contribution in [2.75, 3.05) is 36.5 Å². The molecule has 7 heteroatoms. The molecule has 1 aliphatic heterocycles. The molecule has 0 spiro atoms. The van der Waals surface area contributed by atoms with Crippen molar-refractivity contribution in [1.29, 1.82) is 0 Å². The van der Waals surface area contributed by atoms with E-state index in [0.717, 1.165) is 29.9 Å². The van der Waals surface area contributed by atoms with E-state index in [0.29, 0.717) is 36.8 Å². The molecule has 0 unspecified atom stereocenters. The lowest BCUT2D eigenvalue weighted by molar-refractivity contribution is 0.0466. The zero-order valence-corrected chi connectivity index (χ0v) is 20.1. The number of amidine groups is 1. The monoisotopic (exact) mass is 470 g/mol. The van der Waals surface area contributed by atoms with Gasteiger partial charge in [0, 0.05) is 23.5 Å². The Morgan fingerprint density at radius 1 is 0.943 bits per heavy atom. The number of urea groups is 1. The van der Waals surface area contributed by atoms with E-state index in [2.05, 4.69) is 29.1 Å². The van der Waals surface area contributed by atoms with Gasteiger partial charge in [0.2, 0.25) is 0 Å². The number of rotatable bonds is 8. The number of fused-ring (bicyclic) bond motifs is 1. The van der Waals surface area contributed by atoms with Crippen molar-refractivity contribution in [3.63, 3.8) is 0 Å². The molecule has 35 heavy (non-hydrogen) atoms. The summed E-state index contributed by atoms with van der Waals surface area (Å²) in [5, 5.41) is 2.81. The Balaban J connectivity index is 1.49. The van der Waals surface area contributed by atoms with Gasteiger partial charge in [-0.25, -0.2) is 9.59 Å². The third kappa shape index (κ3) is 5.94. The third-order valence-corrected chi connectivity index (χ3v) is 6.02. The maximum absolute atomic E-state index is 12.7. The van der Waals surface area contributed by atoms with Gasteiger partial charge in [-0.1, -0.05) is 56.3 Å². The average Bonchev–Trinajstić information content (AvgIpc) is 3.25. The number of esters is 1. The number of ether oxygens (including phenoxy) is 1. The first kappa shape index (κ1) is 24.2. The van der Waals surface area contributed by atoms with Gasteiger partial charge in [-0.05, 0) is 55.1 Å². The molecular weight excluding hydrogens is 440 g/mol. The molecule has 1 N–H and O–H groups in total. The van der Waals surface area contributed by atoms with E-state index in [1.54, 1.807) is 12.1 Å². The number of nitrogens with zero attached hydrogens (tertiary/aromatic N) is 3. The predicted octanol–water partition coefficient (Wildman–Crippen LogP) is 5.18. The summed E-state index contributed by atoms with van der Waals surface area (Å²) in [4.78, 5) is 33.7. The maximum atomic E-state index is 12.7. The van der Waals surface area contributed by atoms with E-state index in [1.807, 2.05) is 71.6 Å². The number of amides is 2. The van der Waals surface area contributed by atoms with E-state index in [4.69, 9.17) is 4.74 Å². The first-order chi connectivity index (χ1) is 17.1. The Morgan fingerprint density at radius 3 is 2.34 bits per heavy atom. The van der Waals surface area contributed by atoms with Crippen LogP contribution >= 0.6 is 0 Å². The van der Waals surface area contributed by atoms with Crippen LogP contribution in [0.15, 0.2) is 83.9 Å². The van der Waals surface area contributed by atoms with Crippen molar-refractivity contribution < 1.29 is 14.3 Å². The highest BCUT2D eigenvalue weighted by Crippen LogP contribution is 2.29. The molecule has 0 atom stereocenters. The second-order valence-corrected chi connectivity index (χ2v) is 8.18. The molecular formula is C28H30N4O3. The minimum atomic E-state index is -0.443. The zero-order chi connectivity index (χ0) is 24.6. The number of aliphatic imine (C=N–C) groups is 1. The molecule has 7 nitrogen and oxygen atoms in total. The van der Waals surface area contributed by atoms with Gasteiger partial charge < -0.3 is 19.9 Å². The number of hydrogen-bond acceptors (Lipinski definition) is 4. The van der Waals surface area contributed by atoms with E-state index in [1.165, 1.54) is 0 Å². The van der Waals surface area contributed by atoms with Crippen molar-refractivity contribution in [3.05, 3.63) is 95.6 Å². The number of benzene rings is 3. The summed E-state index contributed by atoms with van der Waals surface area (Å²) in [6.07, 6.45) is 0. The molecule has 1 heterocycles. The molecule has 0 saturated carbocycles. The van der Waals surface area contributed by atoms with Crippen LogP contribution in [0.4, 0.5) is 16.2 Å². The highest BCUT2D eigenvalue weighted by atomic mass is 16.5. The average molecular weight is 471 g/mol. The van der Waals surface area contributed by atoms with E-state index < -0.39 is 6.03 Å². The topological polar surface area (TPSA) is 74.2 Å². The van der Waals surface area contributed by atoms with Gasteiger partial charge in [-0.3, -0.25) is 0 Å². The summed E-state index contributed by atoms with van der Waals surface area (Å²) in [6, 6.07) is 23.9. The molecule has 0 fully saturated rings. The molecule has 2 amide bonds. The van der Waals surface area contributed by atoms with Gasteiger partial charge >= 0.3 is 12.0 Å². The van der Waals surface area contributed by atoms with Crippen molar-refractivity contribution >= 4 is 29.2 Å². The van der Waals surface area contributed by atoms with Gasteiger partial charge in [0.25, 0.3) is 0 Å². The van der Waals surface area contributed by atoms with Crippen LogP contribution in [0.1, 0.15) is 35.3 Å². The van der Waals surface area contributed by atoms with Gasteiger partial charge in [0.15, 0.2) is 0 Å². The quantitative estimate of drug-likeness (QED) is 0.459. The molecule has 180 valence electrons. The van der Waals surface area contributed by atoms with Gasteiger partial charge in [-0.15, -0.1) is 0 Å². The van der Waals surface area contributed by atoms with Crippen LogP contribution in [0.25, 0.3) is 0 Å². The lowest BCUT2D eigenvalue weighted by Crippen LogP contribution is -2.28. The first-order valence-electron chi connectivity index (χ1n) is 11.9. The summed E-state index contributed by atoms with van der Waals surface area (Å²) in [5.74, 6) is 0.230. The molecule has 3 aromatic carbocycles. The van der Waals surface area contributed by atoms with Crippen LogP contribution < -0.4 is 10.2 Å². The smallest absolute Gasteiger partial charge is 0.347 e. The highest BCUT2D eigenvalue weighted by Gasteiger charge is 2.27. The number of carbonyl (C=O) groups excluding carboxylic acids is 2. The van der Waals surface area contributed by atoms with Crippen LogP contribution in [-0.4, -0.2) is 49.0 Å². The fourth-order valence-electron chi connectivity index (χ4n) is 4.04. The summed E-state index contributed by atoms with van der Waals surface area (Å²) >= 11 is 0. The first-order valence-corrected chi connectivity index (χ1v) is 11.9. The number of para-hydroxylation sites is 1. The summed E-state index contributed by atoms with van der Waals surface area (Å²) < 4.78 is 5.44. The number of likely N-dealkylation sites (N-methyl/N-ethyl adjacent to an activating group) is 1. The van der Waals surface area contributed by atoms with Gasteiger partial charge in [0.05, 0.1) is 12.1 Å². The van der Waals surface area contributed by atoms with Crippen LogP contribution in [-0.2, 0) is 11.3 Å². The molecule has 0 aliphatic carbocycles. The summed E-state index contributed by atoms with van der Waals surface area (Å²) in [5.41, 5.74) is 4.01. The number of nitrogens with one attached hydrogen (secondary N) is 1. The fraction of sp³-hybridized carbons (Fsp3) is 0.250. The molecule has 0 aromatic heterocycles. The van der Waals surface area contributed by atoms with Crippen LogP contribution in [0.5, 0.6) is 0 Å². The van der Waals surface area contributed by atoms with E-state index in [9.17, 15) is 9.59 Å². The predicted molar refractivity (Wildman–Crippen MR) is 139 cm³/mol. The standard InChI is InChI=1S/C28H30N4O3/c1-3-31(4-2)18-19-35-27(33)21-14-16-24(17-15-21)32-20-22-10-8-9-13-25(22)26(32)30-28(34)29-23-11-6-5-7-12-23/h5-17H,3-4,18-20H2,1-2H3,(H,29,34)/b30-26+. The number of carbonyl (C=O) groups is 2.